The molecule has 20 heavy (non-hydrogen) atoms. The molecule has 2 aliphatic rings. The third kappa shape index (κ3) is 3.58. The molecule has 2 fully saturated rings. The van der Waals surface area contributed by atoms with E-state index in [1.165, 1.54) is 44.1 Å². The average molecular weight is 273 g/mol. The molecule has 0 aromatic carbocycles. The molecule has 110 valence electrons. The van der Waals surface area contributed by atoms with Gasteiger partial charge in [0.05, 0.1) is 0 Å². The predicted octanol–water partition coefficient (Wildman–Crippen LogP) is 2.82. The molecular weight excluding hydrogens is 246 g/mol. The molecule has 3 rings (SSSR count). The van der Waals surface area contributed by atoms with Crippen molar-refractivity contribution in [1.82, 2.24) is 15.2 Å². The van der Waals surface area contributed by atoms with Crippen LogP contribution in [0.5, 0.6) is 0 Å². The summed E-state index contributed by atoms with van der Waals surface area (Å²) in [4.78, 5) is 6.52. The molecule has 0 amide bonds. The van der Waals surface area contributed by atoms with Gasteiger partial charge in [0.15, 0.2) is 0 Å². The predicted molar refractivity (Wildman–Crippen MR) is 82.5 cm³/mol. The Morgan fingerprint density at radius 2 is 1.95 bits per heavy atom. The molecule has 1 aromatic rings. The lowest BCUT2D eigenvalue weighted by Gasteiger charge is -2.41. The van der Waals surface area contributed by atoms with Gasteiger partial charge in [-0.15, -0.1) is 0 Å². The van der Waals surface area contributed by atoms with E-state index in [1.807, 2.05) is 12.4 Å². The zero-order chi connectivity index (χ0) is 13.8. The molecule has 1 aliphatic carbocycles. The molecule has 2 heterocycles. The van der Waals surface area contributed by atoms with Gasteiger partial charge in [-0.2, -0.15) is 0 Å². The van der Waals surface area contributed by atoms with Crippen molar-refractivity contribution in [2.24, 2.45) is 5.92 Å². The van der Waals surface area contributed by atoms with Crippen molar-refractivity contribution in [1.29, 1.82) is 0 Å². The van der Waals surface area contributed by atoms with E-state index in [0.29, 0.717) is 6.04 Å². The number of fused-ring (bicyclic) bond motifs is 1. The quantitative estimate of drug-likeness (QED) is 0.914. The van der Waals surface area contributed by atoms with E-state index >= 15 is 0 Å². The van der Waals surface area contributed by atoms with Crippen molar-refractivity contribution in [3.05, 3.63) is 30.1 Å². The lowest BCUT2D eigenvalue weighted by molar-refractivity contribution is 0.151. The second-order valence-corrected chi connectivity index (χ2v) is 6.64. The Morgan fingerprint density at radius 3 is 2.80 bits per heavy atom. The SMILES string of the molecule is CN(Cc1ccncc1)CC1CCC2CCCCC2N1. The normalized spacial score (nSPS) is 30.2. The van der Waals surface area contributed by atoms with E-state index in [2.05, 4.69) is 34.4 Å². The Morgan fingerprint density at radius 1 is 1.15 bits per heavy atom. The second kappa shape index (κ2) is 6.68. The first-order valence-electron chi connectivity index (χ1n) is 8.15. The van der Waals surface area contributed by atoms with Crippen molar-refractivity contribution in [3.63, 3.8) is 0 Å². The topological polar surface area (TPSA) is 28.2 Å². The Labute approximate surface area is 122 Å². The Balaban J connectivity index is 1.48. The second-order valence-electron chi connectivity index (χ2n) is 6.64. The first-order chi connectivity index (χ1) is 9.81. The first-order valence-corrected chi connectivity index (χ1v) is 8.15. The number of hydrogen-bond acceptors (Lipinski definition) is 3. The lowest BCUT2D eigenvalue weighted by Crippen LogP contribution is -2.52. The molecule has 0 spiro atoms. The van der Waals surface area contributed by atoms with Crippen LogP contribution < -0.4 is 5.32 Å². The van der Waals surface area contributed by atoms with Gasteiger partial charge in [-0.1, -0.05) is 12.8 Å². The zero-order valence-corrected chi connectivity index (χ0v) is 12.6. The van der Waals surface area contributed by atoms with Crippen LogP contribution in [0.15, 0.2) is 24.5 Å². The molecule has 3 unspecified atom stereocenters. The van der Waals surface area contributed by atoms with E-state index < -0.39 is 0 Å². The molecule has 0 radical (unpaired) electrons. The van der Waals surface area contributed by atoms with Crippen molar-refractivity contribution in [2.45, 2.75) is 57.2 Å². The zero-order valence-electron chi connectivity index (χ0n) is 12.6. The molecule has 0 bridgehead atoms. The van der Waals surface area contributed by atoms with E-state index in [9.17, 15) is 0 Å². The van der Waals surface area contributed by atoms with Gasteiger partial charge in [0.25, 0.3) is 0 Å². The molecule has 1 aromatic heterocycles. The van der Waals surface area contributed by atoms with Crippen molar-refractivity contribution in [2.75, 3.05) is 13.6 Å². The van der Waals surface area contributed by atoms with Crippen LogP contribution in [0.25, 0.3) is 0 Å². The van der Waals surface area contributed by atoms with E-state index in [4.69, 9.17) is 0 Å². The van der Waals surface area contributed by atoms with E-state index in [1.54, 1.807) is 0 Å². The van der Waals surface area contributed by atoms with Crippen LogP contribution in [0.3, 0.4) is 0 Å². The minimum Gasteiger partial charge on any atom is -0.310 e. The standard InChI is InChI=1S/C17H27N3/c1-20(12-14-8-10-18-11-9-14)13-16-7-6-15-4-2-3-5-17(15)19-16/h8-11,15-17,19H,2-7,12-13H2,1H3. The van der Waals surface area contributed by atoms with Crippen LogP contribution in [0.2, 0.25) is 0 Å². The van der Waals surface area contributed by atoms with E-state index in [-0.39, 0.29) is 0 Å². The smallest absolute Gasteiger partial charge is 0.0271 e. The molecule has 3 nitrogen and oxygen atoms in total. The first kappa shape index (κ1) is 14.0. The summed E-state index contributed by atoms with van der Waals surface area (Å²) in [5, 5.41) is 3.92. The maximum atomic E-state index is 4.08. The van der Waals surface area contributed by atoms with Crippen LogP contribution >= 0.6 is 0 Å². The summed E-state index contributed by atoms with van der Waals surface area (Å²) >= 11 is 0. The van der Waals surface area contributed by atoms with Gasteiger partial charge in [0, 0.05) is 37.6 Å². The summed E-state index contributed by atoms with van der Waals surface area (Å²) in [6, 6.07) is 5.71. The third-order valence-electron chi connectivity index (χ3n) is 4.98. The number of likely N-dealkylation sites (N-methyl/N-ethyl adjacent to an activating group) is 1. The highest BCUT2D eigenvalue weighted by atomic mass is 15.1. The number of hydrogen-bond donors (Lipinski definition) is 1. The summed E-state index contributed by atoms with van der Waals surface area (Å²) in [5.41, 5.74) is 1.36. The maximum absolute atomic E-state index is 4.08. The summed E-state index contributed by atoms with van der Waals surface area (Å²) in [7, 11) is 2.23. The average Bonchev–Trinajstić information content (AvgIpc) is 2.48. The summed E-state index contributed by atoms with van der Waals surface area (Å²) < 4.78 is 0. The van der Waals surface area contributed by atoms with Gasteiger partial charge in [0.1, 0.15) is 0 Å². The molecule has 3 atom stereocenters. The summed E-state index contributed by atoms with van der Waals surface area (Å²) in [5.74, 6) is 0.963. The van der Waals surface area contributed by atoms with Gasteiger partial charge >= 0.3 is 0 Å². The highest BCUT2D eigenvalue weighted by Crippen LogP contribution is 2.32. The molecule has 1 aliphatic heterocycles. The van der Waals surface area contributed by atoms with Gasteiger partial charge in [-0.3, -0.25) is 4.98 Å². The molecule has 1 N–H and O–H groups in total. The van der Waals surface area contributed by atoms with Crippen molar-refractivity contribution >= 4 is 0 Å². The Bertz CT molecular complexity index is 406. The number of nitrogens with zero attached hydrogens (tertiary/aromatic N) is 2. The minimum atomic E-state index is 0.682. The number of rotatable bonds is 4. The summed E-state index contributed by atoms with van der Waals surface area (Å²) in [6.07, 6.45) is 12.3. The van der Waals surface area contributed by atoms with Gasteiger partial charge in [0.2, 0.25) is 0 Å². The van der Waals surface area contributed by atoms with Crippen LogP contribution in [-0.4, -0.2) is 35.6 Å². The Kier molecular flexibility index (Phi) is 4.69. The van der Waals surface area contributed by atoms with Crippen molar-refractivity contribution in [3.8, 4) is 0 Å². The van der Waals surface area contributed by atoms with Crippen molar-refractivity contribution < 1.29 is 0 Å². The fraction of sp³-hybridized carbons (Fsp3) is 0.706. The largest absolute Gasteiger partial charge is 0.310 e. The molecule has 3 heteroatoms. The summed E-state index contributed by atoms with van der Waals surface area (Å²) in [6.45, 7) is 2.18. The van der Waals surface area contributed by atoms with Crippen LogP contribution in [0, 0.1) is 5.92 Å². The van der Waals surface area contributed by atoms with Crippen LogP contribution in [-0.2, 0) is 6.54 Å². The Hall–Kier alpha value is -0.930. The van der Waals surface area contributed by atoms with E-state index in [0.717, 1.165) is 25.0 Å². The van der Waals surface area contributed by atoms with Gasteiger partial charge < -0.3 is 10.2 Å². The van der Waals surface area contributed by atoms with Gasteiger partial charge in [-0.05, 0) is 56.3 Å². The number of pyridine rings is 1. The molecule has 1 saturated heterocycles. The minimum absolute atomic E-state index is 0.682. The van der Waals surface area contributed by atoms with Gasteiger partial charge in [-0.25, -0.2) is 0 Å². The lowest BCUT2D eigenvalue weighted by atomic mass is 9.78. The highest BCUT2D eigenvalue weighted by molar-refractivity contribution is 5.09. The number of aromatic nitrogens is 1. The van der Waals surface area contributed by atoms with Crippen LogP contribution in [0.4, 0.5) is 0 Å². The molecule has 1 saturated carbocycles. The third-order valence-corrected chi connectivity index (χ3v) is 4.98. The fourth-order valence-corrected chi connectivity index (χ4v) is 3.96. The van der Waals surface area contributed by atoms with Crippen LogP contribution in [0.1, 0.15) is 44.1 Å². The fourth-order valence-electron chi connectivity index (χ4n) is 3.96. The highest BCUT2D eigenvalue weighted by Gasteiger charge is 2.31. The monoisotopic (exact) mass is 273 g/mol. The number of nitrogens with one attached hydrogen (secondary N) is 1. The number of piperidine rings is 1. The maximum Gasteiger partial charge on any atom is 0.0271 e. The molecular formula is C17H27N3.